The Bertz CT molecular complexity index is 5470. The fourth-order valence-corrected chi connectivity index (χ4v) is 16.0. The number of hydrogen-bond acceptors (Lipinski definition) is 16. The molecule has 0 unspecified atom stereocenters. The molecular formula is C89H74Cl4N2O10S4. The van der Waals surface area contributed by atoms with Crippen molar-refractivity contribution in [3.05, 3.63) is 343 Å². The molecule has 0 saturated carbocycles. The first-order chi connectivity index (χ1) is 52.2. The van der Waals surface area contributed by atoms with Crippen LogP contribution in [0.5, 0.6) is 0 Å². The zero-order chi connectivity index (χ0) is 78.0. The minimum atomic E-state index is -0.0739. The quantitative estimate of drug-likeness (QED) is 0.0851. The average molecular weight is 1600 g/mol. The van der Waals surface area contributed by atoms with Gasteiger partial charge >= 0.3 is 0 Å². The third-order valence-corrected chi connectivity index (χ3v) is 22.7. The van der Waals surface area contributed by atoms with Crippen molar-refractivity contribution in [2.75, 3.05) is 0 Å². The van der Waals surface area contributed by atoms with Gasteiger partial charge in [0, 0.05) is 98.9 Å². The number of aliphatic hydroxyl groups excluding tert-OH is 1. The molecule has 16 rings (SSSR count). The van der Waals surface area contributed by atoms with Crippen LogP contribution in [0.4, 0.5) is 0 Å². The Kier molecular flexibility index (Phi) is 28.5. The largest absolute Gasteiger partial charge is 0.508 e. The Morgan fingerprint density at radius 1 is 0.468 bits per heavy atom. The lowest BCUT2D eigenvalue weighted by atomic mass is 9.90. The highest BCUT2D eigenvalue weighted by atomic mass is 35.5. The van der Waals surface area contributed by atoms with E-state index in [1.807, 2.05) is 116 Å². The summed E-state index contributed by atoms with van der Waals surface area (Å²) in [4.78, 5) is 80.0. The van der Waals surface area contributed by atoms with E-state index in [0.717, 1.165) is 91.8 Å². The third-order valence-electron chi connectivity index (χ3n) is 17.0. The van der Waals surface area contributed by atoms with Gasteiger partial charge in [-0.3, -0.25) is 28.8 Å². The molecule has 7 aromatic heterocycles. The Morgan fingerprint density at radius 2 is 1.04 bits per heavy atom. The van der Waals surface area contributed by atoms with Crippen molar-refractivity contribution in [3.63, 3.8) is 0 Å². The molecule has 0 fully saturated rings. The van der Waals surface area contributed by atoms with Gasteiger partial charge in [-0.05, 0) is 177 Å². The van der Waals surface area contributed by atoms with Crippen LogP contribution in [-0.2, 0) is 32.1 Å². The molecular weight excluding hydrogens is 1530 g/mol. The Hall–Kier alpha value is -10.2. The highest BCUT2D eigenvalue weighted by Gasteiger charge is 2.22. The van der Waals surface area contributed by atoms with Gasteiger partial charge in [-0.1, -0.05) is 179 Å². The van der Waals surface area contributed by atoms with E-state index >= 15 is 0 Å². The van der Waals surface area contributed by atoms with Crippen LogP contribution in [0, 0.1) is 13.8 Å². The van der Waals surface area contributed by atoms with Gasteiger partial charge < -0.3 is 18.4 Å². The molecule has 0 radical (unpaired) electrons. The van der Waals surface area contributed by atoms with Crippen molar-refractivity contribution in [1.29, 1.82) is 0 Å². The van der Waals surface area contributed by atoms with E-state index in [1.165, 1.54) is 105 Å². The van der Waals surface area contributed by atoms with Crippen LogP contribution in [0.3, 0.4) is 0 Å². The highest BCUT2D eigenvalue weighted by Crippen LogP contribution is 2.41. The maximum absolute atomic E-state index is 11.4. The van der Waals surface area contributed by atoms with Crippen LogP contribution in [-0.4, -0.2) is 49.8 Å². The maximum Gasteiger partial charge on any atom is 0.194 e. The minimum Gasteiger partial charge on any atom is -0.508 e. The number of aryl methyl sites for hydroxylation is 4. The smallest absolute Gasteiger partial charge is 0.194 e. The summed E-state index contributed by atoms with van der Waals surface area (Å²) in [6.45, 7) is 16.9. The van der Waals surface area contributed by atoms with Crippen LogP contribution in [0.15, 0.2) is 243 Å². The highest BCUT2D eigenvalue weighted by molar-refractivity contribution is 7.17. The van der Waals surface area contributed by atoms with Gasteiger partial charge in [0.25, 0.3) is 0 Å². The molecule has 7 aromatic carbocycles. The molecule has 0 bridgehead atoms. The van der Waals surface area contributed by atoms with E-state index in [2.05, 4.69) is 78.1 Å². The zero-order valence-corrected chi connectivity index (χ0v) is 67.1. The van der Waals surface area contributed by atoms with Crippen LogP contribution < -0.4 is 0 Å². The SMILES string of the molecule is C=C(O)c1ccc(Cc2ccco2)cc1.CC(=O)c1cc2c(s1)-c1ccccc1CC2.CC(=O)c1cc2c(s1)Cc1ccc(C)cc1C2.CC(=O)c1ccc(-c2ccc(C)cc2)o1.CC(=O)c1ccc(-c2ccc(Cl)cc2)o1.CC(=O)c1csc(-c2cccc(Cl)c2)n1.CC(=O)c1csc(-c2cccc(Cl)c2Cl)n1. The summed E-state index contributed by atoms with van der Waals surface area (Å²) >= 11 is 29.7. The first-order valence-corrected chi connectivity index (χ1v) is 39.2. The Labute approximate surface area is 669 Å². The van der Waals surface area contributed by atoms with Crippen LogP contribution in [0.25, 0.3) is 60.0 Å². The lowest BCUT2D eigenvalue weighted by molar-refractivity contribution is 0.0980. The van der Waals surface area contributed by atoms with E-state index in [-0.39, 0.29) is 40.5 Å². The number of rotatable bonds is 13. The first-order valence-electron chi connectivity index (χ1n) is 34.3. The molecule has 0 atom stereocenters. The van der Waals surface area contributed by atoms with E-state index in [0.29, 0.717) is 53.8 Å². The molecule has 1 N–H and O–H groups in total. The van der Waals surface area contributed by atoms with Crippen molar-refractivity contribution >= 4 is 132 Å². The standard InChI is InChI=1S/C15H14OS.C14H12OS.2C13H12O2.C12H9ClO2.C11H7Cl2NOS.C11H8ClNOS/c1-9-3-4-11-7-15-13(6-12(11)5-9)8-14(17-15)10(2)16;1-9(15)13-8-11-7-6-10-4-2-3-5-12(10)14(11)16-13;1-9-3-5-11(6-4-9)13-8-7-12(15-13)10(2)14;1-10(14)12-6-4-11(5-7-12)9-13-3-2-8-15-13;1-8(14)11-6-7-12(15-11)9-2-4-10(13)5-3-9;1-6(15)9-5-16-11(14-9)7-3-2-4-8(12)10(7)13;1-7(14)10-6-15-11(13-10)8-3-2-4-9(12)5-8/h3-5,8H,6-7H2,1-2H3;2-5,8H,6-7H2,1H3;3-8H,1-2H3;2-8,14H,1,9H2;2-7H,1H3;2-5H,1H3;2-6H,1H3. The molecule has 0 saturated heterocycles. The number of nitrogens with zero attached hydrogens (tertiary/aromatic N) is 2. The van der Waals surface area contributed by atoms with Gasteiger partial charge in [0.05, 0.1) is 26.1 Å². The second-order valence-corrected chi connectivity index (χ2v) is 31.0. The molecule has 552 valence electrons. The number of furan rings is 3. The number of aromatic nitrogens is 2. The second kappa shape index (κ2) is 38.2. The van der Waals surface area contributed by atoms with Crippen molar-refractivity contribution < 1.29 is 47.1 Å². The fraction of sp³-hybridized carbons (Fsp3) is 0.146. The predicted molar refractivity (Wildman–Crippen MR) is 446 cm³/mol. The van der Waals surface area contributed by atoms with Crippen molar-refractivity contribution in [3.8, 4) is 54.2 Å². The number of halogens is 4. The third kappa shape index (κ3) is 22.5. The lowest BCUT2D eigenvalue weighted by Crippen LogP contribution is -2.04. The van der Waals surface area contributed by atoms with E-state index in [1.54, 1.807) is 96.0 Å². The predicted octanol–water partition coefficient (Wildman–Crippen LogP) is 26.1. The molecule has 0 aliphatic heterocycles. The molecule has 14 aromatic rings. The maximum atomic E-state index is 11.4. The fourth-order valence-electron chi connectivity index (χ4n) is 11.2. The Balaban J connectivity index is 0.000000136. The second-order valence-electron chi connectivity index (χ2n) is 25.4. The summed E-state index contributed by atoms with van der Waals surface area (Å²) in [5, 5.41) is 16.5. The molecule has 7 heterocycles. The summed E-state index contributed by atoms with van der Waals surface area (Å²) in [6, 6.07) is 65.8. The molecule has 109 heavy (non-hydrogen) atoms. The molecule has 2 aliphatic rings. The summed E-state index contributed by atoms with van der Waals surface area (Å²) in [5.74, 6) is 3.40. The van der Waals surface area contributed by atoms with Crippen molar-refractivity contribution in [1.82, 2.24) is 9.97 Å². The summed E-state index contributed by atoms with van der Waals surface area (Å²) in [6.07, 6.45) is 6.57. The Morgan fingerprint density at radius 3 is 1.61 bits per heavy atom. The van der Waals surface area contributed by atoms with E-state index in [9.17, 15) is 28.8 Å². The van der Waals surface area contributed by atoms with Gasteiger partial charge in [-0.15, -0.1) is 45.3 Å². The van der Waals surface area contributed by atoms with Crippen LogP contribution in [0.2, 0.25) is 20.1 Å². The number of benzene rings is 7. The average Bonchev–Trinajstić information content (AvgIpc) is 1.67. The number of thiophene rings is 2. The molecule has 2 aliphatic carbocycles. The van der Waals surface area contributed by atoms with Crippen molar-refractivity contribution in [2.45, 2.75) is 87.5 Å². The van der Waals surface area contributed by atoms with Crippen LogP contribution >= 0.6 is 91.8 Å². The molecule has 12 nitrogen and oxygen atoms in total. The number of thiazole rings is 2. The van der Waals surface area contributed by atoms with E-state index < -0.39 is 0 Å². The summed E-state index contributed by atoms with van der Waals surface area (Å²) < 4.78 is 16.0. The number of carbonyl (C=O) groups excluding carboxylic acids is 6. The monoisotopic (exact) mass is 1600 g/mol. The van der Waals surface area contributed by atoms with Crippen molar-refractivity contribution in [2.24, 2.45) is 0 Å². The number of carbonyl (C=O) groups is 6. The molecule has 0 amide bonds. The minimum absolute atomic E-state index is 0.0143. The number of fused-ring (bicyclic) bond motifs is 5. The van der Waals surface area contributed by atoms with Gasteiger partial charge in [0.2, 0.25) is 0 Å². The summed E-state index contributed by atoms with van der Waals surface area (Å²) in [5.41, 5.74) is 17.2. The topological polar surface area (TPSA) is 188 Å². The number of aliphatic hydroxyl groups is 1. The van der Waals surface area contributed by atoms with Gasteiger partial charge in [0.1, 0.15) is 44.4 Å². The number of ketones is 6. The van der Waals surface area contributed by atoms with Gasteiger partial charge in [-0.25, -0.2) is 9.97 Å². The van der Waals surface area contributed by atoms with Gasteiger partial charge in [-0.2, -0.15) is 0 Å². The summed E-state index contributed by atoms with van der Waals surface area (Å²) in [7, 11) is 0. The number of Topliss-reactive ketones (excluding diaryl/α,β-unsaturated/α-hetero) is 6. The number of hydrogen-bond donors (Lipinski definition) is 1. The normalized spacial score (nSPS) is 11.1. The first kappa shape index (κ1) is 81.3. The molecule has 20 heteroatoms. The van der Waals surface area contributed by atoms with E-state index in [4.69, 9.17) is 64.8 Å². The van der Waals surface area contributed by atoms with Gasteiger partial charge in [0.15, 0.2) is 46.2 Å². The zero-order valence-electron chi connectivity index (χ0n) is 60.8. The molecule has 0 spiro atoms. The van der Waals surface area contributed by atoms with Crippen LogP contribution in [0.1, 0.15) is 164 Å². The lowest BCUT2D eigenvalue weighted by Gasteiger charge is -2.16.